The molecule has 1 rings (SSSR count). The van der Waals surface area contributed by atoms with Crippen LogP contribution >= 0.6 is 0 Å². The molecule has 1 heterocycles. The van der Waals surface area contributed by atoms with Crippen LogP contribution in [0.4, 0.5) is 0 Å². The zero-order valence-electron chi connectivity index (χ0n) is 8.70. The average molecular weight is 181 g/mol. The van der Waals surface area contributed by atoms with E-state index in [1.54, 1.807) is 6.33 Å². The minimum absolute atomic E-state index is 0.0937. The first kappa shape index (κ1) is 10.3. The number of rotatable bonds is 4. The van der Waals surface area contributed by atoms with Gasteiger partial charge in [-0.05, 0) is 5.92 Å². The third-order valence-electron chi connectivity index (χ3n) is 2.62. The second-order valence-corrected chi connectivity index (χ2v) is 3.57. The number of imidazole rings is 1. The van der Waals surface area contributed by atoms with Crippen molar-refractivity contribution in [1.82, 2.24) is 9.55 Å². The van der Waals surface area contributed by atoms with E-state index in [9.17, 15) is 0 Å². The van der Waals surface area contributed by atoms with E-state index in [2.05, 4.69) is 18.8 Å². The van der Waals surface area contributed by atoms with Crippen LogP contribution in [0.25, 0.3) is 0 Å². The zero-order valence-corrected chi connectivity index (χ0v) is 8.70. The molecule has 1 aromatic rings. The van der Waals surface area contributed by atoms with Crippen molar-refractivity contribution < 1.29 is 0 Å². The van der Waals surface area contributed by atoms with Gasteiger partial charge in [0.05, 0.1) is 18.1 Å². The van der Waals surface area contributed by atoms with E-state index < -0.39 is 0 Å². The molecule has 3 nitrogen and oxygen atoms in total. The summed E-state index contributed by atoms with van der Waals surface area (Å²) in [5, 5.41) is 0. The molecule has 0 saturated heterocycles. The van der Waals surface area contributed by atoms with Crippen molar-refractivity contribution >= 4 is 0 Å². The Kier molecular flexibility index (Phi) is 3.48. The van der Waals surface area contributed by atoms with Crippen LogP contribution < -0.4 is 5.73 Å². The van der Waals surface area contributed by atoms with Gasteiger partial charge in [0, 0.05) is 13.2 Å². The van der Waals surface area contributed by atoms with Gasteiger partial charge in [0.15, 0.2) is 0 Å². The maximum absolute atomic E-state index is 6.10. The molecule has 0 saturated carbocycles. The van der Waals surface area contributed by atoms with Gasteiger partial charge in [0.25, 0.3) is 0 Å². The largest absolute Gasteiger partial charge is 0.340 e. The Labute approximate surface area is 80.0 Å². The zero-order chi connectivity index (χ0) is 9.84. The number of hydrogen-bond acceptors (Lipinski definition) is 2. The molecule has 13 heavy (non-hydrogen) atoms. The molecule has 0 spiro atoms. The number of nitrogens with two attached hydrogens (primary N) is 1. The lowest BCUT2D eigenvalue weighted by Crippen LogP contribution is -2.20. The highest BCUT2D eigenvalue weighted by Crippen LogP contribution is 2.23. The average Bonchev–Trinajstić information content (AvgIpc) is 2.54. The molecule has 2 N–H and O–H groups in total. The first-order chi connectivity index (χ1) is 6.19. The van der Waals surface area contributed by atoms with E-state index in [4.69, 9.17) is 5.73 Å². The standard InChI is InChI=1S/C10H19N3/c1-4-8(5-2)10(11)9-6-13(3)7-12-9/h6-8,10H,4-5,11H2,1-3H3. The number of aryl methyl sites for hydroxylation is 1. The van der Waals surface area contributed by atoms with E-state index in [-0.39, 0.29) is 6.04 Å². The van der Waals surface area contributed by atoms with Gasteiger partial charge in [-0.2, -0.15) is 0 Å². The van der Waals surface area contributed by atoms with Crippen LogP contribution in [0.5, 0.6) is 0 Å². The van der Waals surface area contributed by atoms with E-state index in [1.807, 2.05) is 17.8 Å². The van der Waals surface area contributed by atoms with E-state index in [0.29, 0.717) is 5.92 Å². The number of hydrogen-bond donors (Lipinski definition) is 1. The van der Waals surface area contributed by atoms with Crippen molar-refractivity contribution in [3.8, 4) is 0 Å². The summed E-state index contributed by atoms with van der Waals surface area (Å²) in [4.78, 5) is 4.27. The number of nitrogens with zero attached hydrogens (tertiary/aromatic N) is 2. The first-order valence-electron chi connectivity index (χ1n) is 4.92. The highest BCUT2D eigenvalue weighted by molar-refractivity contribution is 5.04. The molecule has 0 aliphatic heterocycles. The van der Waals surface area contributed by atoms with Gasteiger partial charge in [-0.1, -0.05) is 26.7 Å². The van der Waals surface area contributed by atoms with E-state index in [1.165, 1.54) is 0 Å². The Morgan fingerprint density at radius 2 is 2.08 bits per heavy atom. The molecule has 0 aliphatic carbocycles. The van der Waals surface area contributed by atoms with Gasteiger partial charge >= 0.3 is 0 Å². The molecule has 0 fully saturated rings. The van der Waals surface area contributed by atoms with Crippen LogP contribution in [0.3, 0.4) is 0 Å². The fourth-order valence-corrected chi connectivity index (χ4v) is 1.64. The molecule has 1 aromatic heterocycles. The van der Waals surface area contributed by atoms with Gasteiger partial charge in [0.2, 0.25) is 0 Å². The lowest BCUT2D eigenvalue weighted by Gasteiger charge is -2.18. The summed E-state index contributed by atoms with van der Waals surface area (Å²) in [6.45, 7) is 4.36. The third-order valence-corrected chi connectivity index (χ3v) is 2.62. The smallest absolute Gasteiger partial charge is 0.0947 e. The van der Waals surface area contributed by atoms with E-state index >= 15 is 0 Å². The summed E-state index contributed by atoms with van der Waals surface area (Å²) in [6.07, 6.45) is 6.04. The van der Waals surface area contributed by atoms with Crippen LogP contribution in [0.15, 0.2) is 12.5 Å². The minimum atomic E-state index is 0.0937. The molecular weight excluding hydrogens is 162 g/mol. The number of aromatic nitrogens is 2. The van der Waals surface area contributed by atoms with Crippen molar-refractivity contribution in [2.75, 3.05) is 0 Å². The van der Waals surface area contributed by atoms with Gasteiger partial charge in [-0.3, -0.25) is 0 Å². The molecule has 0 bridgehead atoms. The van der Waals surface area contributed by atoms with Crippen LogP contribution in [0, 0.1) is 5.92 Å². The van der Waals surface area contributed by atoms with Crippen LogP contribution in [-0.4, -0.2) is 9.55 Å². The second kappa shape index (κ2) is 4.42. The van der Waals surface area contributed by atoms with Crippen LogP contribution in [-0.2, 0) is 7.05 Å². The lowest BCUT2D eigenvalue weighted by molar-refractivity contribution is 0.399. The molecule has 0 aromatic carbocycles. The Morgan fingerprint density at radius 3 is 2.46 bits per heavy atom. The maximum Gasteiger partial charge on any atom is 0.0947 e. The lowest BCUT2D eigenvalue weighted by atomic mass is 9.93. The topological polar surface area (TPSA) is 43.8 Å². The molecule has 3 heteroatoms. The van der Waals surface area contributed by atoms with Crippen molar-refractivity contribution in [3.05, 3.63) is 18.2 Å². The maximum atomic E-state index is 6.10. The van der Waals surface area contributed by atoms with Crippen molar-refractivity contribution in [2.24, 2.45) is 18.7 Å². The quantitative estimate of drug-likeness (QED) is 0.770. The summed E-state index contributed by atoms with van der Waals surface area (Å²) < 4.78 is 1.94. The Hall–Kier alpha value is -0.830. The predicted octanol–water partition coefficient (Wildman–Crippen LogP) is 1.86. The SMILES string of the molecule is CCC(CC)C(N)c1cn(C)cn1. The highest BCUT2D eigenvalue weighted by Gasteiger charge is 2.17. The summed E-state index contributed by atoms with van der Waals surface area (Å²) in [6, 6.07) is 0.0937. The first-order valence-corrected chi connectivity index (χ1v) is 4.92. The summed E-state index contributed by atoms with van der Waals surface area (Å²) >= 11 is 0. The minimum Gasteiger partial charge on any atom is -0.340 e. The van der Waals surface area contributed by atoms with E-state index in [0.717, 1.165) is 18.5 Å². The van der Waals surface area contributed by atoms with Gasteiger partial charge < -0.3 is 10.3 Å². The molecule has 0 amide bonds. The molecule has 1 unspecified atom stereocenters. The molecular formula is C10H19N3. The Balaban J connectivity index is 2.71. The van der Waals surface area contributed by atoms with Gasteiger partial charge in [-0.15, -0.1) is 0 Å². The molecule has 1 atom stereocenters. The van der Waals surface area contributed by atoms with Gasteiger partial charge in [0.1, 0.15) is 0 Å². The fraction of sp³-hybridized carbons (Fsp3) is 0.700. The van der Waals surface area contributed by atoms with Gasteiger partial charge in [-0.25, -0.2) is 4.98 Å². The van der Waals surface area contributed by atoms with Crippen LogP contribution in [0.1, 0.15) is 38.4 Å². The predicted molar refractivity (Wildman–Crippen MR) is 54.2 cm³/mol. The Morgan fingerprint density at radius 1 is 1.46 bits per heavy atom. The third kappa shape index (κ3) is 2.31. The second-order valence-electron chi connectivity index (χ2n) is 3.57. The molecule has 0 radical (unpaired) electrons. The normalized spacial score (nSPS) is 13.6. The molecule has 0 aliphatic rings. The highest BCUT2D eigenvalue weighted by atomic mass is 15.0. The summed E-state index contributed by atoms with van der Waals surface area (Å²) in [5.74, 6) is 0.551. The van der Waals surface area contributed by atoms with Crippen molar-refractivity contribution in [1.29, 1.82) is 0 Å². The Bertz CT molecular complexity index is 250. The monoisotopic (exact) mass is 181 g/mol. The molecule has 74 valence electrons. The van der Waals surface area contributed by atoms with Crippen molar-refractivity contribution in [3.63, 3.8) is 0 Å². The summed E-state index contributed by atoms with van der Waals surface area (Å²) in [7, 11) is 1.97. The fourth-order valence-electron chi connectivity index (χ4n) is 1.64. The summed E-state index contributed by atoms with van der Waals surface area (Å²) in [5.41, 5.74) is 7.11. The van der Waals surface area contributed by atoms with Crippen LogP contribution in [0.2, 0.25) is 0 Å². The van der Waals surface area contributed by atoms with Crippen molar-refractivity contribution in [2.45, 2.75) is 32.7 Å².